The van der Waals surface area contributed by atoms with Crippen LogP contribution in [0.5, 0.6) is 0 Å². The van der Waals surface area contributed by atoms with E-state index in [1.165, 1.54) is 12.1 Å². The summed E-state index contributed by atoms with van der Waals surface area (Å²) in [5.74, 6) is -0.156. The Hall–Kier alpha value is -2.19. The van der Waals surface area contributed by atoms with Gasteiger partial charge in [0.25, 0.3) is 0 Å². The summed E-state index contributed by atoms with van der Waals surface area (Å²) in [7, 11) is -3.52. The molecule has 2 rings (SSSR count). The third kappa shape index (κ3) is 5.19. The molecular formula is C15H20N4O3S. The van der Waals surface area contributed by atoms with Crippen LogP contribution in [0.15, 0.2) is 47.6 Å². The van der Waals surface area contributed by atoms with Crippen molar-refractivity contribution in [2.45, 2.75) is 37.8 Å². The molecule has 0 saturated heterocycles. The van der Waals surface area contributed by atoms with Gasteiger partial charge in [-0.3, -0.25) is 9.48 Å². The average Bonchev–Trinajstić information content (AvgIpc) is 2.97. The van der Waals surface area contributed by atoms with Crippen molar-refractivity contribution in [2.24, 2.45) is 0 Å². The van der Waals surface area contributed by atoms with Crippen molar-refractivity contribution in [3.8, 4) is 0 Å². The zero-order valence-corrected chi connectivity index (χ0v) is 13.9. The summed E-state index contributed by atoms with van der Waals surface area (Å²) in [6.45, 7) is 4.00. The molecule has 124 valence electrons. The summed E-state index contributed by atoms with van der Waals surface area (Å²) in [4.78, 5) is 12.0. The predicted octanol–water partition coefficient (Wildman–Crippen LogP) is 1.60. The number of aromatic nitrogens is 2. The Morgan fingerprint density at radius 3 is 2.52 bits per heavy atom. The molecule has 0 radical (unpaired) electrons. The zero-order valence-electron chi connectivity index (χ0n) is 13.1. The van der Waals surface area contributed by atoms with E-state index >= 15 is 0 Å². The fourth-order valence-corrected chi connectivity index (χ4v) is 3.22. The molecule has 23 heavy (non-hydrogen) atoms. The highest BCUT2D eigenvalue weighted by Gasteiger charge is 2.15. The predicted molar refractivity (Wildman–Crippen MR) is 87.4 cm³/mol. The number of hydrogen-bond acceptors (Lipinski definition) is 4. The second kappa shape index (κ2) is 7.38. The van der Waals surface area contributed by atoms with Crippen molar-refractivity contribution < 1.29 is 13.2 Å². The number of hydrogen-bond donors (Lipinski definition) is 2. The number of amides is 1. The maximum atomic E-state index is 12.0. The first-order valence-electron chi connectivity index (χ1n) is 7.26. The summed E-state index contributed by atoms with van der Waals surface area (Å²) >= 11 is 0. The summed E-state index contributed by atoms with van der Waals surface area (Å²) in [6, 6.07) is 7.69. The van der Waals surface area contributed by atoms with E-state index in [0.29, 0.717) is 12.2 Å². The first kappa shape index (κ1) is 17.2. The third-order valence-electron chi connectivity index (χ3n) is 2.97. The molecule has 0 spiro atoms. The number of aryl methyl sites for hydroxylation is 1. The first-order valence-corrected chi connectivity index (χ1v) is 8.75. The molecule has 1 amide bonds. The second-order valence-corrected chi connectivity index (χ2v) is 7.08. The summed E-state index contributed by atoms with van der Waals surface area (Å²) in [5.41, 5.74) is 0.555. The van der Waals surface area contributed by atoms with Gasteiger partial charge in [0.05, 0.1) is 4.90 Å². The Balaban J connectivity index is 1.93. The Morgan fingerprint density at radius 2 is 1.96 bits per heavy atom. The highest BCUT2D eigenvalue weighted by Crippen LogP contribution is 2.14. The fraction of sp³-hybridized carbons (Fsp3) is 0.333. The van der Waals surface area contributed by atoms with E-state index < -0.39 is 10.0 Å². The molecule has 0 saturated carbocycles. The van der Waals surface area contributed by atoms with Gasteiger partial charge in [0.2, 0.25) is 15.9 Å². The van der Waals surface area contributed by atoms with Crippen molar-refractivity contribution in [3.63, 3.8) is 0 Å². The topological polar surface area (TPSA) is 93.1 Å². The normalized spacial score (nSPS) is 11.6. The molecule has 0 aliphatic heterocycles. The lowest BCUT2D eigenvalue weighted by atomic mass is 10.3. The molecule has 0 fully saturated rings. The second-order valence-electron chi connectivity index (χ2n) is 5.37. The Kier molecular flexibility index (Phi) is 5.51. The van der Waals surface area contributed by atoms with Gasteiger partial charge in [-0.25, -0.2) is 13.1 Å². The van der Waals surface area contributed by atoms with Crippen LogP contribution in [0, 0.1) is 0 Å². The van der Waals surface area contributed by atoms with Crippen molar-refractivity contribution in [2.75, 3.05) is 5.32 Å². The molecule has 7 nitrogen and oxygen atoms in total. The van der Waals surface area contributed by atoms with E-state index in [2.05, 4.69) is 15.1 Å². The smallest absolute Gasteiger partial charge is 0.240 e. The van der Waals surface area contributed by atoms with Crippen molar-refractivity contribution in [1.29, 1.82) is 0 Å². The molecule has 0 aliphatic carbocycles. The zero-order chi connectivity index (χ0) is 16.9. The molecule has 2 N–H and O–H groups in total. The number of rotatable bonds is 7. The van der Waals surface area contributed by atoms with E-state index in [1.807, 2.05) is 0 Å². The van der Waals surface area contributed by atoms with Crippen LogP contribution in [0.1, 0.15) is 20.3 Å². The van der Waals surface area contributed by atoms with Gasteiger partial charge in [0.15, 0.2) is 0 Å². The van der Waals surface area contributed by atoms with Gasteiger partial charge in [-0.15, -0.1) is 0 Å². The standard InChI is InChI=1S/C15H20N4O3S/c1-12(2)18-23(21,22)14-6-4-13(5-7-14)17-15(20)8-11-19-10-3-9-16-19/h3-7,9-10,12,18H,8,11H2,1-2H3,(H,17,20). The minimum absolute atomic E-state index is 0.156. The van der Waals surface area contributed by atoms with Crippen LogP contribution in [-0.2, 0) is 21.4 Å². The highest BCUT2D eigenvalue weighted by molar-refractivity contribution is 7.89. The van der Waals surface area contributed by atoms with Crippen molar-refractivity contribution >= 4 is 21.6 Å². The summed E-state index contributed by atoms with van der Waals surface area (Å²) in [5, 5.41) is 6.75. The van der Waals surface area contributed by atoms with Gasteiger partial charge in [-0.05, 0) is 44.2 Å². The Labute approximate surface area is 135 Å². The van der Waals surface area contributed by atoms with Crippen LogP contribution in [0.2, 0.25) is 0 Å². The lowest BCUT2D eigenvalue weighted by molar-refractivity contribution is -0.116. The van der Waals surface area contributed by atoms with E-state index in [1.54, 1.807) is 49.1 Å². The Morgan fingerprint density at radius 1 is 1.26 bits per heavy atom. The number of sulfonamides is 1. The van der Waals surface area contributed by atoms with Crippen LogP contribution < -0.4 is 10.0 Å². The Bertz CT molecular complexity index is 738. The number of benzene rings is 1. The highest BCUT2D eigenvalue weighted by atomic mass is 32.2. The van der Waals surface area contributed by atoms with Crippen LogP contribution >= 0.6 is 0 Å². The van der Waals surface area contributed by atoms with Gasteiger partial charge >= 0.3 is 0 Å². The maximum absolute atomic E-state index is 12.0. The van der Waals surface area contributed by atoms with E-state index in [9.17, 15) is 13.2 Å². The van der Waals surface area contributed by atoms with E-state index in [4.69, 9.17) is 0 Å². The van der Waals surface area contributed by atoms with Crippen LogP contribution in [0.25, 0.3) is 0 Å². The van der Waals surface area contributed by atoms with Crippen LogP contribution in [0.3, 0.4) is 0 Å². The molecule has 0 bridgehead atoms. The van der Waals surface area contributed by atoms with Gasteiger partial charge in [0.1, 0.15) is 0 Å². The number of nitrogens with one attached hydrogen (secondary N) is 2. The molecule has 0 unspecified atom stereocenters. The largest absolute Gasteiger partial charge is 0.326 e. The van der Waals surface area contributed by atoms with E-state index in [0.717, 1.165) is 0 Å². The fourth-order valence-electron chi connectivity index (χ4n) is 1.97. The number of anilines is 1. The minimum Gasteiger partial charge on any atom is -0.326 e. The summed E-state index contributed by atoms with van der Waals surface area (Å²) < 4.78 is 28.2. The third-order valence-corrected chi connectivity index (χ3v) is 4.64. The SMILES string of the molecule is CC(C)NS(=O)(=O)c1ccc(NC(=O)CCn2cccn2)cc1. The van der Waals surface area contributed by atoms with Gasteiger partial charge < -0.3 is 5.32 Å². The molecule has 2 aromatic rings. The van der Waals surface area contributed by atoms with Crippen molar-refractivity contribution in [1.82, 2.24) is 14.5 Å². The maximum Gasteiger partial charge on any atom is 0.240 e. The van der Waals surface area contributed by atoms with Crippen molar-refractivity contribution in [3.05, 3.63) is 42.7 Å². The lowest BCUT2D eigenvalue weighted by Gasteiger charge is -2.10. The number of carbonyl (C=O) groups is 1. The summed E-state index contributed by atoms with van der Waals surface area (Å²) in [6.07, 6.45) is 3.73. The molecule has 1 aromatic heterocycles. The monoisotopic (exact) mass is 336 g/mol. The number of nitrogens with zero attached hydrogens (tertiary/aromatic N) is 2. The van der Waals surface area contributed by atoms with Crippen LogP contribution in [0.4, 0.5) is 5.69 Å². The van der Waals surface area contributed by atoms with E-state index in [-0.39, 0.29) is 23.3 Å². The van der Waals surface area contributed by atoms with Gasteiger partial charge in [-0.2, -0.15) is 5.10 Å². The molecule has 1 heterocycles. The molecular weight excluding hydrogens is 316 g/mol. The van der Waals surface area contributed by atoms with Gasteiger partial charge in [-0.1, -0.05) is 0 Å². The van der Waals surface area contributed by atoms with Crippen LogP contribution in [-0.4, -0.2) is 30.1 Å². The molecule has 1 aromatic carbocycles. The average molecular weight is 336 g/mol. The molecule has 0 aliphatic rings. The van der Waals surface area contributed by atoms with Gasteiger partial charge in [0, 0.05) is 37.1 Å². The minimum atomic E-state index is -3.52. The molecule has 0 atom stereocenters. The quantitative estimate of drug-likeness (QED) is 0.803. The first-order chi connectivity index (χ1) is 10.9. The number of carbonyl (C=O) groups excluding carboxylic acids is 1. The molecule has 8 heteroatoms. The lowest BCUT2D eigenvalue weighted by Crippen LogP contribution is -2.30.